The van der Waals surface area contributed by atoms with Crippen LogP contribution in [-0.2, 0) is 17.6 Å². The zero-order chi connectivity index (χ0) is 19.0. The van der Waals surface area contributed by atoms with E-state index < -0.39 is 0 Å². The Morgan fingerprint density at radius 1 is 1.26 bits per heavy atom. The van der Waals surface area contributed by atoms with Gasteiger partial charge in [0.05, 0.1) is 12.1 Å². The van der Waals surface area contributed by atoms with E-state index in [4.69, 9.17) is 9.26 Å². The fourth-order valence-electron chi connectivity index (χ4n) is 3.23. The van der Waals surface area contributed by atoms with E-state index in [9.17, 15) is 4.79 Å². The monoisotopic (exact) mass is 426 g/mol. The van der Waals surface area contributed by atoms with Crippen molar-refractivity contribution in [1.82, 2.24) is 5.16 Å². The maximum absolute atomic E-state index is 12.3. The van der Waals surface area contributed by atoms with Crippen LogP contribution in [0.25, 0.3) is 11.3 Å². The molecule has 1 N–H and O–H groups in total. The van der Waals surface area contributed by atoms with Gasteiger partial charge in [-0.15, -0.1) is 0 Å². The Balaban J connectivity index is 1.45. The Morgan fingerprint density at radius 2 is 2.11 bits per heavy atom. The second-order valence-corrected chi connectivity index (χ2v) is 7.74. The Labute approximate surface area is 165 Å². The van der Waals surface area contributed by atoms with Crippen molar-refractivity contribution in [1.29, 1.82) is 0 Å². The summed E-state index contributed by atoms with van der Waals surface area (Å²) in [4.78, 5) is 12.3. The molecule has 0 spiro atoms. The summed E-state index contributed by atoms with van der Waals surface area (Å²) in [6.45, 7) is 4.00. The molecule has 4 rings (SSSR count). The molecule has 1 atom stereocenters. The summed E-state index contributed by atoms with van der Waals surface area (Å²) in [5, 5.41) is 6.96. The van der Waals surface area contributed by atoms with Gasteiger partial charge in [-0.25, -0.2) is 0 Å². The first-order valence-electron chi connectivity index (χ1n) is 8.79. The molecular weight excluding hydrogens is 408 g/mol. The number of nitrogens with zero attached hydrogens (tertiary/aromatic N) is 1. The smallest absolute Gasteiger partial charge is 0.230 e. The van der Waals surface area contributed by atoms with Gasteiger partial charge in [-0.2, -0.15) is 0 Å². The highest BCUT2D eigenvalue weighted by Gasteiger charge is 2.20. The van der Waals surface area contributed by atoms with E-state index in [1.54, 1.807) is 0 Å². The molecular formula is C21H19BrN2O3. The van der Waals surface area contributed by atoms with Crippen LogP contribution in [0.1, 0.15) is 23.7 Å². The maximum atomic E-state index is 12.3. The molecule has 2 aromatic carbocycles. The molecule has 1 unspecified atom stereocenters. The molecule has 2 heterocycles. The Morgan fingerprint density at radius 3 is 2.93 bits per heavy atom. The number of aryl methyl sites for hydroxylation is 1. The van der Waals surface area contributed by atoms with Gasteiger partial charge in [-0.3, -0.25) is 4.79 Å². The average molecular weight is 427 g/mol. The Kier molecular flexibility index (Phi) is 4.74. The van der Waals surface area contributed by atoms with Gasteiger partial charge >= 0.3 is 0 Å². The molecule has 27 heavy (non-hydrogen) atoms. The van der Waals surface area contributed by atoms with E-state index in [1.807, 2.05) is 43.3 Å². The number of ether oxygens (including phenoxy) is 1. The van der Waals surface area contributed by atoms with Crippen molar-refractivity contribution in [2.45, 2.75) is 32.8 Å². The predicted molar refractivity (Wildman–Crippen MR) is 107 cm³/mol. The molecule has 0 bridgehead atoms. The number of rotatable bonds is 4. The second kappa shape index (κ2) is 7.19. The highest BCUT2D eigenvalue weighted by Crippen LogP contribution is 2.33. The molecule has 3 aromatic rings. The first kappa shape index (κ1) is 17.8. The fourth-order valence-corrected chi connectivity index (χ4v) is 3.71. The van der Waals surface area contributed by atoms with E-state index >= 15 is 0 Å². The largest absolute Gasteiger partial charge is 0.490 e. The quantitative estimate of drug-likeness (QED) is 0.642. The van der Waals surface area contributed by atoms with Gasteiger partial charge in [0, 0.05) is 28.2 Å². The summed E-state index contributed by atoms with van der Waals surface area (Å²) in [6.07, 6.45) is 1.25. The average Bonchev–Trinajstić information content (AvgIpc) is 3.22. The van der Waals surface area contributed by atoms with Gasteiger partial charge in [0.2, 0.25) is 5.91 Å². The van der Waals surface area contributed by atoms with Gasteiger partial charge in [-0.1, -0.05) is 21.1 Å². The zero-order valence-corrected chi connectivity index (χ0v) is 16.7. The van der Waals surface area contributed by atoms with Crippen molar-refractivity contribution in [3.8, 4) is 17.1 Å². The number of fused-ring (bicyclic) bond motifs is 1. The van der Waals surface area contributed by atoms with Gasteiger partial charge in [0.25, 0.3) is 0 Å². The summed E-state index contributed by atoms with van der Waals surface area (Å²) in [5.41, 5.74) is 4.49. The molecule has 6 heteroatoms. The maximum Gasteiger partial charge on any atom is 0.230 e. The SMILES string of the molecule is Cc1cc(Br)ccc1NC(=O)Cc1cc(-c2ccc3c(c2)CC(C)O3)on1. The third-order valence-corrected chi connectivity index (χ3v) is 5.04. The molecule has 0 saturated heterocycles. The molecule has 0 fully saturated rings. The third-order valence-electron chi connectivity index (χ3n) is 4.54. The molecule has 1 aromatic heterocycles. The number of anilines is 1. The zero-order valence-electron chi connectivity index (χ0n) is 15.1. The summed E-state index contributed by atoms with van der Waals surface area (Å²) in [5.74, 6) is 1.45. The summed E-state index contributed by atoms with van der Waals surface area (Å²) in [7, 11) is 0. The number of nitrogens with one attached hydrogen (secondary N) is 1. The Hall–Kier alpha value is -2.60. The number of benzene rings is 2. The topological polar surface area (TPSA) is 64.4 Å². The lowest BCUT2D eigenvalue weighted by atomic mass is 10.1. The van der Waals surface area contributed by atoms with Crippen molar-refractivity contribution in [2.24, 2.45) is 0 Å². The third kappa shape index (κ3) is 3.90. The van der Waals surface area contributed by atoms with Crippen LogP contribution in [0, 0.1) is 6.92 Å². The van der Waals surface area contributed by atoms with E-state index in [2.05, 4.69) is 39.4 Å². The predicted octanol–water partition coefficient (Wildman–Crippen LogP) is 4.92. The standard InChI is InChI=1S/C21H19BrN2O3/c1-12-7-16(22)4-5-18(12)23-21(25)11-17-10-20(27-24-17)14-3-6-19-15(9-14)8-13(2)26-19/h3-7,9-10,13H,8,11H2,1-2H3,(H,23,25). The van der Waals surface area contributed by atoms with Crippen LogP contribution < -0.4 is 10.1 Å². The van der Waals surface area contributed by atoms with Crippen LogP contribution >= 0.6 is 15.9 Å². The lowest BCUT2D eigenvalue weighted by Gasteiger charge is -2.07. The van der Waals surface area contributed by atoms with Crippen LogP contribution in [0.4, 0.5) is 5.69 Å². The Bertz CT molecular complexity index is 1010. The number of halogens is 1. The number of carbonyl (C=O) groups is 1. The summed E-state index contributed by atoms with van der Waals surface area (Å²) >= 11 is 3.42. The molecule has 1 aliphatic rings. The molecule has 0 aliphatic carbocycles. The number of hydrogen-bond acceptors (Lipinski definition) is 4. The lowest BCUT2D eigenvalue weighted by Crippen LogP contribution is -2.15. The van der Waals surface area contributed by atoms with Crippen LogP contribution in [0.15, 0.2) is 51.5 Å². The minimum absolute atomic E-state index is 0.128. The number of hydrogen-bond donors (Lipinski definition) is 1. The molecule has 0 saturated carbocycles. The second-order valence-electron chi connectivity index (χ2n) is 6.82. The fraction of sp³-hybridized carbons (Fsp3) is 0.238. The van der Waals surface area contributed by atoms with Gasteiger partial charge < -0.3 is 14.6 Å². The highest BCUT2D eigenvalue weighted by molar-refractivity contribution is 9.10. The van der Waals surface area contributed by atoms with Crippen LogP contribution in [0.5, 0.6) is 5.75 Å². The first-order chi connectivity index (χ1) is 13.0. The van der Waals surface area contributed by atoms with E-state index in [1.165, 1.54) is 5.56 Å². The number of carbonyl (C=O) groups excluding carboxylic acids is 1. The normalized spacial score (nSPS) is 15.3. The van der Waals surface area contributed by atoms with Crippen molar-refractivity contribution < 1.29 is 14.1 Å². The molecule has 0 radical (unpaired) electrons. The molecule has 1 aliphatic heterocycles. The van der Waals surface area contributed by atoms with Gasteiger partial charge in [0.1, 0.15) is 11.9 Å². The highest BCUT2D eigenvalue weighted by atomic mass is 79.9. The minimum Gasteiger partial charge on any atom is -0.490 e. The summed E-state index contributed by atoms with van der Waals surface area (Å²) in [6, 6.07) is 13.5. The van der Waals surface area contributed by atoms with Crippen molar-refractivity contribution in [3.63, 3.8) is 0 Å². The van der Waals surface area contributed by atoms with Gasteiger partial charge in [-0.05, 0) is 61.4 Å². The first-order valence-corrected chi connectivity index (χ1v) is 9.59. The van der Waals surface area contributed by atoms with Crippen molar-refractivity contribution in [3.05, 3.63) is 63.8 Å². The van der Waals surface area contributed by atoms with Crippen LogP contribution in [-0.4, -0.2) is 17.2 Å². The van der Waals surface area contributed by atoms with Crippen LogP contribution in [0.2, 0.25) is 0 Å². The van der Waals surface area contributed by atoms with Crippen LogP contribution in [0.3, 0.4) is 0 Å². The lowest BCUT2D eigenvalue weighted by molar-refractivity contribution is -0.115. The number of amides is 1. The molecule has 5 nitrogen and oxygen atoms in total. The van der Waals surface area contributed by atoms with Crippen molar-refractivity contribution in [2.75, 3.05) is 5.32 Å². The molecule has 138 valence electrons. The number of aromatic nitrogens is 1. The van der Waals surface area contributed by atoms with E-state index in [-0.39, 0.29) is 18.4 Å². The van der Waals surface area contributed by atoms with Gasteiger partial charge in [0.15, 0.2) is 5.76 Å². The van der Waals surface area contributed by atoms with Crippen molar-refractivity contribution >= 4 is 27.5 Å². The van der Waals surface area contributed by atoms with E-state index in [0.29, 0.717) is 11.5 Å². The molecule has 1 amide bonds. The minimum atomic E-state index is -0.128. The van der Waals surface area contributed by atoms with E-state index in [0.717, 1.165) is 33.5 Å². The summed E-state index contributed by atoms with van der Waals surface area (Å²) < 4.78 is 12.2.